The van der Waals surface area contributed by atoms with E-state index in [9.17, 15) is 30.0 Å². The summed E-state index contributed by atoms with van der Waals surface area (Å²) >= 11 is 2.07. The number of fused-ring (bicyclic) bond motifs is 5. The molecule has 1 heterocycles. The van der Waals surface area contributed by atoms with E-state index in [0.29, 0.717) is 32.1 Å². The van der Waals surface area contributed by atoms with Crippen LogP contribution in [0, 0.1) is 32.2 Å². The molecule has 0 bridgehead atoms. The number of nitrogens with one attached hydrogen (secondary N) is 1. The second-order valence-electron chi connectivity index (χ2n) is 12.9. The normalized spacial score (nSPS) is 42.5. The summed E-state index contributed by atoms with van der Waals surface area (Å²) in [5.41, 5.74) is 0.165. The maximum atomic E-state index is 12.9. The van der Waals surface area contributed by atoms with Crippen molar-refractivity contribution in [2.24, 2.45) is 33.7 Å². The Morgan fingerprint density at radius 1 is 1.12 bits per heavy atom. The molecule has 0 radical (unpaired) electrons. The number of halogens is 1. The lowest BCUT2D eigenvalue weighted by Gasteiger charge is -2.65. The third kappa shape index (κ3) is 4.07. The fourth-order valence-electron chi connectivity index (χ4n) is 9.32. The van der Waals surface area contributed by atoms with Crippen LogP contribution < -0.4 is 5.43 Å². The summed E-state index contributed by atoms with van der Waals surface area (Å²) in [7, 11) is 0. The second-order valence-corrected chi connectivity index (χ2v) is 14.1. The van der Waals surface area contributed by atoms with Crippen molar-refractivity contribution in [1.29, 1.82) is 0 Å². The number of nitrogens with zero attached hydrogens (tertiary/aromatic N) is 1. The molecule has 10 heteroatoms. The molecule has 9 nitrogen and oxygen atoms in total. The van der Waals surface area contributed by atoms with Crippen molar-refractivity contribution in [1.82, 2.24) is 5.43 Å². The van der Waals surface area contributed by atoms with Crippen molar-refractivity contribution in [2.45, 2.75) is 82.0 Å². The van der Waals surface area contributed by atoms with Crippen LogP contribution >= 0.6 is 22.6 Å². The zero-order valence-corrected chi connectivity index (χ0v) is 24.8. The number of hydrogen-bond acceptors (Lipinski definition) is 8. The van der Waals surface area contributed by atoms with Gasteiger partial charge in [-0.15, -0.1) is 0 Å². The van der Waals surface area contributed by atoms with Crippen LogP contribution in [0.1, 0.15) is 75.1 Å². The molecular weight excluding hydrogens is 627 g/mol. The molecule has 216 valence electrons. The highest BCUT2D eigenvalue weighted by Crippen LogP contribution is 2.70. The molecule has 0 aromatic heterocycles. The van der Waals surface area contributed by atoms with E-state index in [4.69, 9.17) is 4.74 Å². The number of esters is 1. The fraction of sp³-hybridized carbons (Fsp3) is 0.633. The van der Waals surface area contributed by atoms with Gasteiger partial charge in [-0.3, -0.25) is 4.79 Å². The van der Waals surface area contributed by atoms with Gasteiger partial charge in [0.05, 0.1) is 22.9 Å². The van der Waals surface area contributed by atoms with Crippen LogP contribution in [-0.2, 0) is 9.53 Å². The van der Waals surface area contributed by atoms with E-state index >= 15 is 0 Å². The van der Waals surface area contributed by atoms with Gasteiger partial charge in [0.2, 0.25) is 0 Å². The maximum absolute atomic E-state index is 12.9. The van der Waals surface area contributed by atoms with Gasteiger partial charge in [-0.2, -0.15) is 5.10 Å². The van der Waals surface area contributed by atoms with Crippen LogP contribution in [0.2, 0.25) is 0 Å². The van der Waals surface area contributed by atoms with Crippen molar-refractivity contribution in [2.75, 3.05) is 6.61 Å². The number of aliphatic hydroxyl groups is 3. The predicted octanol–water partition coefficient (Wildman–Crippen LogP) is 3.43. The van der Waals surface area contributed by atoms with Crippen LogP contribution in [0.4, 0.5) is 0 Å². The third-order valence-electron chi connectivity index (χ3n) is 11.3. The molecule has 6 rings (SSSR count). The first kappa shape index (κ1) is 28.1. The maximum Gasteiger partial charge on any atom is 0.331 e. The zero-order valence-electron chi connectivity index (χ0n) is 22.6. The average molecular weight is 665 g/mol. The van der Waals surface area contributed by atoms with Crippen LogP contribution in [0.3, 0.4) is 0 Å². The molecule has 1 aromatic rings. The van der Waals surface area contributed by atoms with Crippen LogP contribution in [-0.4, -0.2) is 62.4 Å². The molecule has 5 N–H and O–H groups in total. The number of aliphatic hydroxyl groups excluding tert-OH is 1. The van der Waals surface area contributed by atoms with Gasteiger partial charge >= 0.3 is 5.97 Å². The molecule has 5 aliphatic rings. The quantitative estimate of drug-likeness (QED) is 0.143. The summed E-state index contributed by atoms with van der Waals surface area (Å²) in [6.45, 7) is 2.43. The summed E-state index contributed by atoms with van der Waals surface area (Å²) < 4.78 is 6.02. The van der Waals surface area contributed by atoms with E-state index in [1.165, 1.54) is 6.07 Å². The molecule has 40 heavy (non-hydrogen) atoms. The lowest BCUT2D eigenvalue weighted by molar-refractivity contribution is -0.237. The van der Waals surface area contributed by atoms with Crippen molar-refractivity contribution in [3.63, 3.8) is 0 Å². The number of aromatic hydroxyl groups is 1. The highest BCUT2D eigenvalue weighted by Gasteiger charge is 2.71. The zero-order chi connectivity index (χ0) is 28.5. The van der Waals surface area contributed by atoms with Crippen LogP contribution in [0.15, 0.2) is 34.9 Å². The summed E-state index contributed by atoms with van der Waals surface area (Å²) in [5.74, 6) is -1.16. The predicted molar refractivity (Wildman–Crippen MR) is 154 cm³/mol. The molecule has 0 spiro atoms. The number of ether oxygens (including phenoxy) is 1. The standard InChI is InChI=1S/C30H37IN2O7/c1-27-8-5-22-23(30(27,39)11-7-21(27)17-12-25(36)40-15-17)6-10-29(38)14-19(34)4-9-28(22,29)16-32-33-26(37)20-13-18(31)2-3-24(20)35/h2-3,12-13,16,19,21-23,34-35,38-39H,4-11,14-15H2,1H3,(H,33,37). The first-order chi connectivity index (χ1) is 18.9. The second kappa shape index (κ2) is 9.78. The Labute approximate surface area is 247 Å². The molecule has 8 atom stereocenters. The third-order valence-corrected chi connectivity index (χ3v) is 12.0. The largest absolute Gasteiger partial charge is 0.507 e. The number of carbonyl (C=O) groups is 2. The highest BCUT2D eigenvalue weighted by molar-refractivity contribution is 14.1. The molecule has 4 aliphatic carbocycles. The van der Waals surface area contributed by atoms with Crippen LogP contribution in [0.25, 0.3) is 0 Å². The van der Waals surface area contributed by atoms with E-state index in [2.05, 4.69) is 40.0 Å². The Morgan fingerprint density at radius 3 is 2.65 bits per heavy atom. The Balaban J connectivity index is 1.32. The van der Waals surface area contributed by atoms with E-state index in [-0.39, 0.29) is 48.1 Å². The summed E-state index contributed by atoms with van der Waals surface area (Å²) in [4.78, 5) is 24.7. The highest BCUT2D eigenvalue weighted by atomic mass is 127. The molecular formula is C30H37IN2O7. The van der Waals surface area contributed by atoms with E-state index in [1.54, 1.807) is 24.4 Å². The summed E-state index contributed by atoms with van der Waals surface area (Å²) in [5, 5.41) is 49.7. The molecule has 4 saturated carbocycles. The van der Waals surface area contributed by atoms with Crippen LogP contribution in [0.5, 0.6) is 5.75 Å². The van der Waals surface area contributed by atoms with Gasteiger partial charge in [0.15, 0.2) is 0 Å². The SMILES string of the molecule is CC12CCC3C(CCC4(O)CC(O)CCC34C=NNC(=O)c3cc(I)ccc3O)C1(O)CCC2C1=CC(=O)OC1. The number of phenolic OH excluding ortho intramolecular Hbond substituents is 1. The van der Waals surface area contributed by atoms with Gasteiger partial charge in [-0.25, -0.2) is 10.2 Å². The molecule has 1 aromatic carbocycles. The van der Waals surface area contributed by atoms with Gasteiger partial charge in [0, 0.05) is 33.1 Å². The number of hydrogen-bond donors (Lipinski definition) is 5. The van der Waals surface area contributed by atoms with Crippen molar-refractivity contribution < 1.29 is 34.8 Å². The lowest BCUT2D eigenvalue weighted by Crippen LogP contribution is -2.68. The monoisotopic (exact) mass is 664 g/mol. The van der Waals surface area contributed by atoms with Gasteiger partial charge < -0.3 is 25.2 Å². The molecule has 8 unspecified atom stereocenters. The number of amides is 1. The molecule has 1 amide bonds. The number of carbonyl (C=O) groups excluding carboxylic acids is 2. The number of hydrazone groups is 1. The van der Waals surface area contributed by atoms with E-state index in [0.717, 1.165) is 28.4 Å². The van der Waals surface area contributed by atoms with Crippen molar-refractivity contribution in [3.05, 3.63) is 39.0 Å². The minimum atomic E-state index is -1.22. The van der Waals surface area contributed by atoms with Gasteiger partial charge in [-0.1, -0.05) is 6.92 Å². The number of benzene rings is 1. The Kier molecular flexibility index (Phi) is 6.87. The summed E-state index contributed by atoms with van der Waals surface area (Å²) in [6.07, 6.45) is 7.74. The van der Waals surface area contributed by atoms with Crippen molar-refractivity contribution in [3.8, 4) is 5.75 Å². The van der Waals surface area contributed by atoms with E-state index < -0.39 is 34.0 Å². The molecule has 1 aliphatic heterocycles. The Bertz CT molecular complexity index is 1300. The Morgan fingerprint density at radius 2 is 1.90 bits per heavy atom. The Hall–Kier alpha value is -2.02. The topological polar surface area (TPSA) is 149 Å². The van der Waals surface area contributed by atoms with Gasteiger partial charge in [0.1, 0.15) is 12.4 Å². The minimum Gasteiger partial charge on any atom is -0.507 e. The minimum absolute atomic E-state index is 0.0594. The average Bonchev–Trinajstić information content (AvgIpc) is 3.45. The molecule has 0 saturated heterocycles. The first-order valence-corrected chi connectivity index (χ1v) is 15.3. The lowest BCUT2D eigenvalue weighted by atomic mass is 9.41. The number of phenols is 1. The fourth-order valence-corrected chi connectivity index (χ4v) is 9.81. The number of rotatable bonds is 4. The molecule has 4 fully saturated rings. The van der Waals surface area contributed by atoms with Gasteiger partial charge in [-0.05, 0) is 115 Å². The van der Waals surface area contributed by atoms with E-state index in [1.807, 2.05) is 0 Å². The number of cyclic esters (lactones) is 1. The summed E-state index contributed by atoms with van der Waals surface area (Å²) in [6, 6.07) is 4.74. The smallest absolute Gasteiger partial charge is 0.331 e. The van der Waals surface area contributed by atoms with Crippen molar-refractivity contribution >= 4 is 40.7 Å². The first-order valence-electron chi connectivity index (χ1n) is 14.3. The van der Waals surface area contributed by atoms with Gasteiger partial charge in [0.25, 0.3) is 5.91 Å².